The van der Waals surface area contributed by atoms with Crippen LogP contribution in [0.2, 0.25) is 0 Å². The first kappa shape index (κ1) is 17.4. The Morgan fingerprint density at radius 1 is 1.00 bits per heavy atom. The molecule has 0 fully saturated rings. The maximum Gasteiger partial charge on any atom is 0.222 e. The van der Waals surface area contributed by atoms with Crippen molar-refractivity contribution in [2.75, 3.05) is 39.6 Å². The van der Waals surface area contributed by atoms with E-state index in [1.165, 1.54) is 0 Å². The lowest BCUT2D eigenvalue weighted by atomic mass is 10.2. The van der Waals surface area contributed by atoms with Crippen LogP contribution in [0.1, 0.15) is 29.1 Å². The molecule has 5 nitrogen and oxygen atoms in total. The molecule has 5 heteroatoms. The van der Waals surface area contributed by atoms with E-state index in [1.54, 1.807) is 0 Å². The summed E-state index contributed by atoms with van der Waals surface area (Å²) >= 11 is 0. The van der Waals surface area contributed by atoms with Gasteiger partial charge >= 0.3 is 0 Å². The van der Waals surface area contributed by atoms with E-state index < -0.39 is 0 Å². The minimum atomic E-state index is 0. The summed E-state index contributed by atoms with van der Waals surface area (Å²) in [7, 11) is 0. The number of rotatable bonds is 11. The van der Waals surface area contributed by atoms with Crippen LogP contribution in [0.3, 0.4) is 0 Å². The molecule has 0 aromatic carbocycles. The minimum absolute atomic E-state index is 0. The molecule has 0 aliphatic rings. The summed E-state index contributed by atoms with van der Waals surface area (Å²) in [5.74, 6) is 0.0787. The zero-order valence-corrected chi connectivity index (χ0v) is 12.0. The predicted molar refractivity (Wildman–Crippen MR) is 72.7 cm³/mol. The number of amides is 1. The molecule has 0 heterocycles. The SMILES string of the molecule is CC(C)OCCOCCOCCNC(=O)C(C)C.[HH]. The second-order valence-electron chi connectivity index (χ2n) is 4.59. The first-order valence-corrected chi connectivity index (χ1v) is 6.58. The zero-order valence-electron chi connectivity index (χ0n) is 12.0. The summed E-state index contributed by atoms with van der Waals surface area (Å²) in [5, 5.41) is 2.78. The smallest absolute Gasteiger partial charge is 0.222 e. The van der Waals surface area contributed by atoms with Gasteiger partial charge in [-0.3, -0.25) is 4.79 Å². The van der Waals surface area contributed by atoms with E-state index in [-0.39, 0.29) is 19.4 Å². The van der Waals surface area contributed by atoms with Crippen LogP contribution in [-0.4, -0.2) is 51.6 Å². The van der Waals surface area contributed by atoms with Gasteiger partial charge in [0.25, 0.3) is 0 Å². The molecule has 0 aliphatic carbocycles. The van der Waals surface area contributed by atoms with Gasteiger partial charge in [0.1, 0.15) is 0 Å². The van der Waals surface area contributed by atoms with Crippen molar-refractivity contribution in [3.63, 3.8) is 0 Å². The topological polar surface area (TPSA) is 56.8 Å². The van der Waals surface area contributed by atoms with Crippen molar-refractivity contribution in [3.8, 4) is 0 Å². The maximum atomic E-state index is 11.2. The highest BCUT2D eigenvalue weighted by Gasteiger charge is 2.04. The molecular weight excluding hydrogens is 234 g/mol. The molecular formula is C13H29NO4. The van der Waals surface area contributed by atoms with E-state index >= 15 is 0 Å². The van der Waals surface area contributed by atoms with Gasteiger partial charge < -0.3 is 19.5 Å². The number of hydrogen-bond acceptors (Lipinski definition) is 4. The molecule has 0 atom stereocenters. The van der Waals surface area contributed by atoms with E-state index in [1.807, 2.05) is 27.7 Å². The highest BCUT2D eigenvalue weighted by atomic mass is 16.5. The Balaban J connectivity index is 0. The summed E-state index contributed by atoms with van der Waals surface area (Å²) in [5.41, 5.74) is 0. The minimum Gasteiger partial charge on any atom is -0.377 e. The lowest BCUT2D eigenvalue weighted by Crippen LogP contribution is -2.31. The summed E-state index contributed by atoms with van der Waals surface area (Å²) < 4.78 is 15.9. The van der Waals surface area contributed by atoms with E-state index in [4.69, 9.17) is 14.2 Å². The monoisotopic (exact) mass is 263 g/mol. The Bertz CT molecular complexity index is 213. The van der Waals surface area contributed by atoms with Crippen molar-refractivity contribution in [2.45, 2.75) is 33.8 Å². The van der Waals surface area contributed by atoms with Crippen molar-refractivity contribution >= 4 is 5.91 Å². The zero-order chi connectivity index (χ0) is 13.8. The fourth-order valence-corrected chi connectivity index (χ4v) is 1.12. The standard InChI is InChI=1S/C13H27NO4.H2/c1-11(2)13(15)14-5-6-16-7-8-17-9-10-18-12(3)4;/h11-12H,5-10H2,1-4H3,(H,14,15);1H. The van der Waals surface area contributed by atoms with E-state index in [9.17, 15) is 4.79 Å². The third-order valence-corrected chi connectivity index (χ3v) is 2.12. The van der Waals surface area contributed by atoms with Gasteiger partial charge in [0.2, 0.25) is 5.91 Å². The molecule has 0 rings (SSSR count). The van der Waals surface area contributed by atoms with Crippen molar-refractivity contribution in [1.29, 1.82) is 0 Å². The van der Waals surface area contributed by atoms with Crippen LogP contribution in [0.4, 0.5) is 0 Å². The maximum absolute atomic E-state index is 11.2. The highest BCUT2D eigenvalue weighted by molar-refractivity contribution is 5.77. The first-order valence-electron chi connectivity index (χ1n) is 6.58. The van der Waals surface area contributed by atoms with Crippen molar-refractivity contribution < 1.29 is 20.4 Å². The summed E-state index contributed by atoms with van der Waals surface area (Å²) in [6, 6.07) is 0. The fraction of sp³-hybridized carbons (Fsp3) is 0.923. The number of ether oxygens (including phenoxy) is 3. The Kier molecular flexibility index (Phi) is 11.0. The van der Waals surface area contributed by atoms with E-state index in [2.05, 4.69) is 5.32 Å². The average molecular weight is 263 g/mol. The quantitative estimate of drug-likeness (QED) is 0.573. The molecule has 0 bridgehead atoms. The molecule has 0 radical (unpaired) electrons. The number of nitrogens with one attached hydrogen (secondary N) is 1. The Labute approximate surface area is 112 Å². The van der Waals surface area contributed by atoms with Crippen LogP contribution >= 0.6 is 0 Å². The molecule has 1 N–H and O–H groups in total. The Morgan fingerprint density at radius 2 is 1.56 bits per heavy atom. The van der Waals surface area contributed by atoms with Crippen molar-refractivity contribution in [3.05, 3.63) is 0 Å². The third-order valence-electron chi connectivity index (χ3n) is 2.12. The molecule has 0 aromatic heterocycles. The summed E-state index contributed by atoms with van der Waals surface area (Å²) in [6.07, 6.45) is 0.245. The second kappa shape index (κ2) is 11.4. The Morgan fingerprint density at radius 3 is 2.11 bits per heavy atom. The molecule has 1 amide bonds. The Hall–Kier alpha value is -0.650. The first-order chi connectivity index (χ1) is 8.54. The van der Waals surface area contributed by atoms with Gasteiger partial charge in [-0.05, 0) is 13.8 Å². The van der Waals surface area contributed by atoms with Gasteiger partial charge in [-0.15, -0.1) is 0 Å². The van der Waals surface area contributed by atoms with Crippen LogP contribution in [0.5, 0.6) is 0 Å². The molecule has 0 saturated carbocycles. The van der Waals surface area contributed by atoms with Crippen LogP contribution in [0.15, 0.2) is 0 Å². The summed E-state index contributed by atoms with van der Waals surface area (Å²) in [6.45, 7) is 11.1. The number of hydrogen-bond donors (Lipinski definition) is 1. The highest BCUT2D eigenvalue weighted by Crippen LogP contribution is 1.90. The molecule has 18 heavy (non-hydrogen) atoms. The lowest BCUT2D eigenvalue weighted by molar-refractivity contribution is -0.124. The molecule has 0 aromatic rings. The van der Waals surface area contributed by atoms with E-state index in [0.29, 0.717) is 39.6 Å². The fourth-order valence-electron chi connectivity index (χ4n) is 1.12. The van der Waals surface area contributed by atoms with Gasteiger partial charge in [0, 0.05) is 13.9 Å². The van der Waals surface area contributed by atoms with Crippen LogP contribution in [0, 0.1) is 5.92 Å². The number of carbonyl (C=O) groups excluding carboxylic acids is 1. The van der Waals surface area contributed by atoms with Crippen molar-refractivity contribution in [1.82, 2.24) is 5.32 Å². The van der Waals surface area contributed by atoms with Gasteiger partial charge in [0.15, 0.2) is 0 Å². The van der Waals surface area contributed by atoms with Gasteiger partial charge in [0.05, 0.1) is 39.1 Å². The average Bonchev–Trinajstić information content (AvgIpc) is 2.30. The van der Waals surface area contributed by atoms with Crippen LogP contribution < -0.4 is 5.32 Å². The van der Waals surface area contributed by atoms with Crippen molar-refractivity contribution in [2.24, 2.45) is 5.92 Å². The molecule has 0 unspecified atom stereocenters. The normalized spacial score (nSPS) is 11.2. The predicted octanol–water partition coefficient (Wildman–Crippen LogP) is 1.46. The number of carbonyl (C=O) groups is 1. The molecule has 0 spiro atoms. The summed E-state index contributed by atoms with van der Waals surface area (Å²) in [4.78, 5) is 11.2. The van der Waals surface area contributed by atoms with Gasteiger partial charge in [-0.1, -0.05) is 13.8 Å². The van der Waals surface area contributed by atoms with Crippen LogP contribution in [-0.2, 0) is 19.0 Å². The van der Waals surface area contributed by atoms with E-state index in [0.717, 1.165) is 0 Å². The van der Waals surface area contributed by atoms with Gasteiger partial charge in [-0.25, -0.2) is 0 Å². The second-order valence-corrected chi connectivity index (χ2v) is 4.59. The molecule has 110 valence electrons. The third kappa shape index (κ3) is 11.8. The largest absolute Gasteiger partial charge is 0.377 e. The van der Waals surface area contributed by atoms with Crippen LogP contribution in [0.25, 0.3) is 0 Å². The molecule has 0 saturated heterocycles. The lowest BCUT2D eigenvalue weighted by Gasteiger charge is -2.09. The molecule has 0 aliphatic heterocycles. The van der Waals surface area contributed by atoms with Gasteiger partial charge in [-0.2, -0.15) is 0 Å².